The van der Waals surface area contributed by atoms with E-state index in [-0.39, 0.29) is 5.41 Å². The lowest BCUT2D eigenvalue weighted by Crippen LogP contribution is -2.11. The summed E-state index contributed by atoms with van der Waals surface area (Å²) in [6, 6.07) is 15.7. The summed E-state index contributed by atoms with van der Waals surface area (Å²) in [7, 11) is 0. The fraction of sp³-hybridized carbons (Fsp3) is 0.182. The van der Waals surface area contributed by atoms with Gasteiger partial charge in [0.15, 0.2) is 5.69 Å². The van der Waals surface area contributed by atoms with Crippen LogP contribution in [0.15, 0.2) is 59.1 Å². The summed E-state index contributed by atoms with van der Waals surface area (Å²) < 4.78 is 6.23. The molecule has 0 saturated heterocycles. The zero-order valence-corrected chi connectivity index (χ0v) is 14.5. The largest absolute Gasteiger partial charge is 0.457 e. The van der Waals surface area contributed by atoms with Crippen LogP contribution in [0.2, 0.25) is 0 Å². The summed E-state index contributed by atoms with van der Waals surface area (Å²) in [6.45, 7) is 14.1. The Kier molecular flexibility index (Phi) is 3.36. The Morgan fingerprint density at radius 3 is 2.48 bits per heavy atom. The van der Waals surface area contributed by atoms with Gasteiger partial charge in [-0.1, -0.05) is 45.0 Å². The van der Waals surface area contributed by atoms with Gasteiger partial charge in [0.25, 0.3) is 0 Å². The first-order chi connectivity index (χ1) is 12.0. The minimum absolute atomic E-state index is 0.0627. The van der Waals surface area contributed by atoms with Crippen LogP contribution >= 0.6 is 0 Å². The molecule has 0 aliphatic carbocycles. The number of nitrogens with zero attached hydrogens (tertiary/aromatic N) is 2. The van der Waals surface area contributed by atoms with E-state index in [0.29, 0.717) is 5.69 Å². The van der Waals surface area contributed by atoms with Crippen LogP contribution < -0.4 is 0 Å². The molecule has 3 nitrogen and oxygen atoms in total. The van der Waals surface area contributed by atoms with E-state index in [1.165, 1.54) is 5.56 Å². The fourth-order valence-electron chi connectivity index (χ4n) is 3.34. The van der Waals surface area contributed by atoms with E-state index in [9.17, 15) is 0 Å². The molecular formula is C22H18N2O. The first-order valence-corrected chi connectivity index (χ1v) is 8.28. The highest BCUT2D eigenvalue weighted by Crippen LogP contribution is 2.44. The summed E-state index contributed by atoms with van der Waals surface area (Å²) in [6.07, 6.45) is 1.78. The second-order valence-electron chi connectivity index (χ2n) is 7.19. The maximum Gasteiger partial charge on any atom is 0.198 e. The van der Waals surface area contributed by atoms with Gasteiger partial charge >= 0.3 is 0 Å². The van der Waals surface area contributed by atoms with E-state index < -0.39 is 0 Å². The number of fused-ring (bicyclic) bond motifs is 3. The number of pyridine rings is 1. The second kappa shape index (κ2) is 5.46. The van der Waals surface area contributed by atoms with Gasteiger partial charge in [0.2, 0.25) is 0 Å². The van der Waals surface area contributed by atoms with Gasteiger partial charge in [0.1, 0.15) is 11.2 Å². The molecule has 0 saturated carbocycles. The molecule has 0 unspecified atom stereocenters. The molecule has 3 heteroatoms. The Morgan fingerprint density at radius 1 is 0.960 bits per heavy atom. The molecule has 4 aromatic rings. The van der Waals surface area contributed by atoms with Crippen LogP contribution in [0.25, 0.3) is 38.0 Å². The van der Waals surface area contributed by atoms with Crippen molar-refractivity contribution < 1.29 is 4.42 Å². The molecule has 0 N–H and O–H groups in total. The van der Waals surface area contributed by atoms with Gasteiger partial charge in [-0.3, -0.25) is 4.98 Å². The van der Waals surface area contributed by atoms with Crippen LogP contribution in [-0.2, 0) is 5.41 Å². The molecule has 2 heterocycles. The van der Waals surface area contributed by atoms with Gasteiger partial charge in [-0.05, 0) is 35.2 Å². The standard InChI is InChI=1S/C22H18N2O/c1-22(2,3)15-12-11-14(16-8-5-6-13-24-16)21-19(15)20-17(23-4)9-7-10-18(20)25-21/h5-13H,1-3H3. The molecule has 122 valence electrons. The summed E-state index contributed by atoms with van der Waals surface area (Å²) in [5.74, 6) is 0. The molecule has 0 aliphatic heterocycles. The normalized spacial score (nSPS) is 11.8. The topological polar surface area (TPSA) is 30.4 Å². The van der Waals surface area contributed by atoms with Gasteiger partial charge < -0.3 is 4.42 Å². The highest BCUT2D eigenvalue weighted by Gasteiger charge is 2.24. The van der Waals surface area contributed by atoms with Gasteiger partial charge in [-0.15, -0.1) is 0 Å². The lowest BCUT2D eigenvalue weighted by molar-refractivity contribution is 0.595. The molecule has 0 amide bonds. The van der Waals surface area contributed by atoms with Crippen molar-refractivity contribution in [2.75, 3.05) is 0 Å². The summed E-state index contributed by atoms with van der Waals surface area (Å²) in [4.78, 5) is 8.20. The second-order valence-corrected chi connectivity index (χ2v) is 7.19. The van der Waals surface area contributed by atoms with Crippen LogP contribution in [0.1, 0.15) is 26.3 Å². The van der Waals surface area contributed by atoms with Crippen molar-refractivity contribution in [1.82, 2.24) is 4.98 Å². The Hall–Kier alpha value is -3.12. The minimum Gasteiger partial charge on any atom is -0.457 e. The monoisotopic (exact) mass is 326 g/mol. The molecule has 0 fully saturated rings. The number of benzene rings is 2. The number of hydrogen-bond acceptors (Lipinski definition) is 2. The van der Waals surface area contributed by atoms with Crippen molar-refractivity contribution in [1.29, 1.82) is 0 Å². The quantitative estimate of drug-likeness (QED) is 0.374. The van der Waals surface area contributed by atoms with E-state index in [0.717, 1.165) is 33.2 Å². The molecule has 25 heavy (non-hydrogen) atoms. The van der Waals surface area contributed by atoms with E-state index in [1.807, 2.05) is 36.4 Å². The van der Waals surface area contributed by atoms with Gasteiger partial charge in [0, 0.05) is 22.5 Å². The van der Waals surface area contributed by atoms with Crippen LogP contribution in [0.4, 0.5) is 5.69 Å². The third kappa shape index (κ3) is 2.38. The van der Waals surface area contributed by atoms with Crippen molar-refractivity contribution in [3.05, 3.63) is 71.7 Å². The summed E-state index contributed by atoms with van der Waals surface area (Å²) in [5.41, 5.74) is 5.12. The summed E-state index contributed by atoms with van der Waals surface area (Å²) in [5, 5.41) is 1.92. The zero-order chi connectivity index (χ0) is 17.6. The van der Waals surface area contributed by atoms with Crippen molar-refractivity contribution in [3.63, 3.8) is 0 Å². The van der Waals surface area contributed by atoms with Crippen molar-refractivity contribution in [3.8, 4) is 11.3 Å². The fourth-order valence-corrected chi connectivity index (χ4v) is 3.34. The molecule has 2 aromatic heterocycles. The number of rotatable bonds is 1. The third-order valence-corrected chi connectivity index (χ3v) is 4.49. The van der Waals surface area contributed by atoms with Crippen LogP contribution in [0.3, 0.4) is 0 Å². The van der Waals surface area contributed by atoms with E-state index >= 15 is 0 Å². The minimum atomic E-state index is -0.0627. The maximum atomic E-state index is 7.55. The van der Waals surface area contributed by atoms with Gasteiger partial charge in [0.05, 0.1) is 12.3 Å². The Bertz CT molecular complexity index is 1130. The molecule has 4 rings (SSSR count). The molecule has 0 bridgehead atoms. The zero-order valence-electron chi connectivity index (χ0n) is 14.5. The van der Waals surface area contributed by atoms with Crippen LogP contribution in [0, 0.1) is 6.57 Å². The van der Waals surface area contributed by atoms with E-state index in [4.69, 9.17) is 11.0 Å². The highest BCUT2D eigenvalue weighted by molar-refractivity contribution is 6.16. The smallest absolute Gasteiger partial charge is 0.198 e. The van der Waals surface area contributed by atoms with Crippen LogP contribution in [-0.4, -0.2) is 4.98 Å². The Labute approximate surface area is 146 Å². The van der Waals surface area contributed by atoms with Gasteiger partial charge in [-0.25, -0.2) is 4.85 Å². The number of hydrogen-bond donors (Lipinski definition) is 0. The third-order valence-electron chi connectivity index (χ3n) is 4.49. The summed E-state index contributed by atoms with van der Waals surface area (Å²) >= 11 is 0. The average Bonchev–Trinajstić information content (AvgIpc) is 3.00. The lowest BCUT2D eigenvalue weighted by atomic mass is 9.83. The Morgan fingerprint density at radius 2 is 1.80 bits per heavy atom. The van der Waals surface area contributed by atoms with Crippen molar-refractivity contribution in [2.24, 2.45) is 0 Å². The predicted octanol–water partition coefficient (Wildman–Crippen LogP) is 6.50. The Balaban J connectivity index is 2.22. The first kappa shape index (κ1) is 15.4. The van der Waals surface area contributed by atoms with Crippen molar-refractivity contribution in [2.45, 2.75) is 26.2 Å². The van der Waals surface area contributed by atoms with E-state index in [2.05, 4.69) is 42.7 Å². The molecule has 0 atom stereocenters. The number of aromatic nitrogens is 1. The first-order valence-electron chi connectivity index (χ1n) is 8.28. The molecule has 0 radical (unpaired) electrons. The number of furan rings is 1. The maximum absolute atomic E-state index is 7.55. The SMILES string of the molecule is [C-]#[N+]c1cccc2oc3c(-c4ccccn4)ccc(C(C)(C)C)c3c12. The molecular weight excluding hydrogens is 308 g/mol. The highest BCUT2D eigenvalue weighted by atomic mass is 16.3. The van der Waals surface area contributed by atoms with E-state index in [1.54, 1.807) is 6.20 Å². The molecule has 2 aromatic carbocycles. The lowest BCUT2D eigenvalue weighted by Gasteiger charge is -2.21. The molecule has 0 spiro atoms. The van der Waals surface area contributed by atoms with Crippen molar-refractivity contribution >= 4 is 27.6 Å². The average molecular weight is 326 g/mol. The molecule has 0 aliphatic rings. The van der Waals surface area contributed by atoms with Crippen LogP contribution in [0.5, 0.6) is 0 Å². The predicted molar refractivity (Wildman–Crippen MR) is 102 cm³/mol. The van der Waals surface area contributed by atoms with Gasteiger partial charge in [-0.2, -0.15) is 0 Å².